The van der Waals surface area contributed by atoms with E-state index in [-0.39, 0.29) is 23.8 Å². The fourth-order valence-corrected chi connectivity index (χ4v) is 4.66. The van der Waals surface area contributed by atoms with Crippen molar-refractivity contribution in [2.75, 3.05) is 50.8 Å². The average Bonchev–Trinajstić information content (AvgIpc) is 3.12. The third kappa shape index (κ3) is 4.09. The third-order valence-corrected chi connectivity index (χ3v) is 6.74. The van der Waals surface area contributed by atoms with Gasteiger partial charge in [-0.25, -0.2) is 0 Å². The number of halogens is 2. The maximum atomic E-state index is 13.0. The van der Waals surface area contributed by atoms with Crippen LogP contribution in [-0.2, 0) is 14.3 Å². The summed E-state index contributed by atoms with van der Waals surface area (Å²) in [5.74, 6) is 0.00302. The van der Waals surface area contributed by atoms with Gasteiger partial charge in [-0.2, -0.15) is 0 Å². The van der Waals surface area contributed by atoms with Crippen molar-refractivity contribution in [2.24, 2.45) is 5.92 Å². The number of likely N-dealkylation sites (tertiary alicyclic amines) is 1. The highest BCUT2D eigenvalue weighted by molar-refractivity contribution is 6.42. The van der Waals surface area contributed by atoms with E-state index >= 15 is 0 Å². The number of amides is 2. The number of hydrogen-bond donors (Lipinski definition) is 0. The van der Waals surface area contributed by atoms with Gasteiger partial charge < -0.3 is 19.4 Å². The maximum Gasteiger partial charge on any atom is 0.228 e. The topological polar surface area (TPSA) is 53.1 Å². The molecule has 0 N–H and O–H groups in total. The predicted molar refractivity (Wildman–Crippen MR) is 109 cm³/mol. The van der Waals surface area contributed by atoms with Crippen molar-refractivity contribution in [1.82, 2.24) is 9.80 Å². The van der Waals surface area contributed by atoms with Gasteiger partial charge in [-0.15, -0.1) is 0 Å². The number of piperazine rings is 1. The number of anilines is 1. The summed E-state index contributed by atoms with van der Waals surface area (Å²) in [4.78, 5) is 31.5. The van der Waals surface area contributed by atoms with Gasteiger partial charge in [0.2, 0.25) is 11.8 Å². The van der Waals surface area contributed by atoms with Gasteiger partial charge in [0.05, 0.1) is 16.0 Å². The lowest BCUT2D eigenvalue weighted by molar-refractivity contribution is -0.136. The molecule has 6 nitrogen and oxygen atoms in total. The van der Waals surface area contributed by atoms with Crippen molar-refractivity contribution >= 4 is 40.7 Å². The Bertz CT molecular complexity index is 746. The normalized spacial score (nSPS) is 24.1. The van der Waals surface area contributed by atoms with E-state index in [0.29, 0.717) is 49.3 Å². The van der Waals surface area contributed by atoms with E-state index in [1.54, 1.807) is 6.07 Å². The molecule has 4 rings (SSSR count). The van der Waals surface area contributed by atoms with Crippen molar-refractivity contribution < 1.29 is 14.3 Å². The van der Waals surface area contributed by atoms with Crippen LogP contribution in [-0.4, -0.2) is 73.6 Å². The van der Waals surface area contributed by atoms with E-state index in [1.165, 1.54) is 0 Å². The standard InChI is InChI=1S/C20H25Cl2N3O3/c21-17-2-1-16(12-18(17)22)23-5-7-24(8-6-23)20(27)14-11-19(26)25(13-14)15-3-9-28-10-4-15/h1-2,12,14-15H,3-11,13H2. The van der Waals surface area contributed by atoms with E-state index in [9.17, 15) is 9.59 Å². The molecule has 2 amide bonds. The van der Waals surface area contributed by atoms with Crippen LogP contribution in [0.15, 0.2) is 18.2 Å². The molecule has 3 aliphatic heterocycles. The molecule has 1 aromatic rings. The molecule has 8 heteroatoms. The molecule has 152 valence electrons. The first-order valence-electron chi connectivity index (χ1n) is 9.89. The maximum absolute atomic E-state index is 13.0. The second-order valence-electron chi connectivity index (χ2n) is 7.70. The number of ether oxygens (including phenoxy) is 1. The minimum Gasteiger partial charge on any atom is -0.381 e. The summed E-state index contributed by atoms with van der Waals surface area (Å²) in [6.45, 7) is 4.74. The van der Waals surface area contributed by atoms with Crippen LogP contribution in [0, 0.1) is 5.92 Å². The summed E-state index contributed by atoms with van der Waals surface area (Å²) in [5.41, 5.74) is 1.02. The molecule has 0 saturated carbocycles. The summed E-state index contributed by atoms with van der Waals surface area (Å²) in [6.07, 6.45) is 2.08. The van der Waals surface area contributed by atoms with Crippen molar-refractivity contribution in [3.05, 3.63) is 28.2 Å². The third-order valence-electron chi connectivity index (χ3n) is 6.00. The number of hydrogen-bond acceptors (Lipinski definition) is 4. The second kappa shape index (κ2) is 8.47. The Hall–Kier alpha value is -1.50. The highest BCUT2D eigenvalue weighted by Gasteiger charge is 2.40. The summed E-state index contributed by atoms with van der Waals surface area (Å²) < 4.78 is 5.39. The van der Waals surface area contributed by atoms with Gasteiger partial charge >= 0.3 is 0 Å². The fraction of sp³-hybridized carbons (Fsp3) is 0.600. The summed E-state index contributed by atoms with van der Waals surface area (Å²) in [7, 11) is 0. The lowest BCUT2D eigenvalue weighted by Crippen LogP contribution is -2.51. The molecule has 1 unspecified atom stereocenters. The smallest absolute Gasteiger partial charge is 0.228 e. The van der Waals surface area contributed by atoms with Gasteiger partial charge in [-0.3, -0.25) is 9.59 Å². The highest BCUT2D eigenvalue weighted by Crippen LogP contribution is 2.29. The van der Waals surface area contributed by atoms with Crippen LogP contribution in [0.25, 0.3) is 0 Å². The first-order chi connectivity index (χ1) is 13.5. The van der Waals surface area contributed by atoms with Gasteiger partial charge in [0.25, 0.3) is 0 Å². The van der Waals surface area contributed by atoms with Crippen LogP contribution in [0.2, 0.25) is 10.0 Å². The Balaban J connectivity index is 1.32. The van der Waals surface area contributed by atoms with E-state index in [4.69, 9.17) is 27.9 Å². The van der Waals surface area contributed by atoms with Gasteiger partial charge in [-0.05, 0) is 31.0 Å². The van der Waals surface area contributed by atoms with Gasteiger partial charge in [0, 0.05) is 64.1 Å². The largest absolute Gasteiger partial charge is 0.381 e. The summed E-state index contributed by atoms with van der Waals surface area (Å²) in [6, 6.07) is 5.84. The molecular weight excluding hydrogens is 401 g/mol. The Morgan fingerprint density at radius 1 is 1.04 bits per heavy atom. The molecule has 28 heavy (non-hydrogen) atoms. The number of nitrogens with zero attached hydrogens (tertiary/aromatic N) is 3. The molecule has 0 spiro atoms. The van der Waals surface area contributed by atoms with Crippen LogP contribution in [0.4, 0.5) is 5.69 Å². The molecule has 1 atom stereocenters. The Morgan fingerprint density at radius 3 is 2.43 bits per heavy atom. The summed E-state index contributed by atoms with van der Waals surface area (Å²) in [5, 5.41) is 1.08. The minimum absolute atomic E-state index is 0.108. The summed E-state index contributed by atoms with van der Waals surface area (Å²) >= 11 is 12.1. The molecule has 1 aromatic carbocycles. The molecule has 0 aromatic heterocycles. The van der Waals surface area contributed by atoms with Crippen molar-refractivity contribution in [3.8, 4) is 0 Å². The Labute approximate surface area is 175 Å². The van der Waals surface area contributed by atoms with Crippen molar-refractivity contribution in [1.29, 1.82) is 0 Å². The second-order valence-corrected chi connectivity index (χ2v) is 8.52. The Morgan fingerprint density at radius 2 is 1.75 bits per heavy atom. The van der Waals surface area contributed by atoms with Crippen molar-refractivity contribution in [3.63, 3.8) is 0 Å². The number of carbonyl (C=O) groups is 2. The van der Waals surface area contributed by atoms with E-state index < -0.39 is 0 Å². The Kier molecular flexibility index (Phi) is 5.99. The molecule has 0 radical (unpaired) electrons. The zero-order chi connectivity index (χ0) is 19.7. The molecule has 0 aliphatic carbocycles. The van der Waals surface area contributed by atoms with Crippen LogP contribution in [0.1, 0.15) is 19.3 Å². The van der Waals surface area contributed by atoms with E-state index in [0.717, 1.165) is 31.6 Å². The van der Waals surface area contributed by atoms with Crippen molar-refractivity contribution in [2.45, 2.75) is 25.3 Å². The molecule has 3 fully saturated rings. The first kappa shape index (κ1) is 19.8. The SMILES string of the molecule is O=C(C1CC(=O)N(C2CCOCC2)C1)N1CCN(c2ccc(Cl)c(Cl)c2)CC1. The first-order valence-corrected chi connectivity index (χ1v) is 10.6. The molecular formula is C20H25Cl2N3O3. The van der Waals surface area contributed by atoms with Crippen LogP contribution >= 0.6 is 23.2 Å². The predicted octanol–water partition coefficient (Wildman–Crippen LogP) is 2.67. The lowest BCUT2D eigenvalue weighted by Gasteiger charge is -2.37. The van der Waals surface area contributed by atoms with Crippen LogP contribution in [0.3, 0.4) is 0 Å². The number of rotatable bonds is 3. The minimum atomic E-state index is -0.216. The van der Waals surface area contributed by atoms with Gasteiger partial charge in [0.15, 0.2) is 0 Å². The van der Waals surface area contributed by atoms with Gasteiger partial charge in [-0.1, -0.05) is 23.2 Å². The zero-order valence-corrected chi connectivity index (χ0v) is 17.3. The van der Waals surface area contributed by atoms with E-state index in [1.807, 2.05) is 21.9 Å². The monoisotopic (exact) mass is 425 g/mol. The average molecular weight is 426 g/mol. The van der Waals surface area contributed by atoms with Crippen LogP contribution < -0.4 is 4.90 Å². The zero-order valence-electron chi connectivity index (χ0n) is 15.8. The lowest BCUT2D eigenvalue weighted by atomic mass is 10.1. The molecule has 0 bridgehead atoms. The van der Waals surface area contributed by atoms with Gasteiger partial charge in [0.1, 0.15) is 0 Å². The fourth-order valence-electron chi connectivity index (χ4n) is 4.37. The van der Waals surface area contributed by atoms with Crippen LogP contribution in [0.5, 0.6) is 0 Å². The highest BCUT2D eigenvalue weighted by atomic mass is 35.5. The van der Waals surface area contributed by atoms with E-state index in [2.05, 4.69) is 4.90 Å². The number of benzene rings is 1. The number of carbonyl (C=O) groups excluding carboxylic acids is 2. The molecule has 3 aliphatic rings. The molecule has 3 saturated heterocycles. The molecule has 3 heterocycles. The quantitative estimate of drug-likeness (QED) is 0.746.